The molecule has 2 fully saturated rings. The van der Waals surface area contributed by atoms with Crippen LogP contribution in [-0.4, -0.2) is 77.6 Å². The van der Waals surface area contributed by atoms with Gasteiger partial charge >= 0.3 is 12.0 Å². The van der Waals surface area contributed by atoms with Crippen LogP contribution in [0.15, 0.2) is 24.5 Å². The van der Waals surface area contributed by atoms with Crippen molar-refractivity contribution < 1.29 is 18.9 Å². The minimum absolute atomic E-state index is 0.102. The van der Waals surface area contributed by atoms with Crippen LogP contribution >= 0.6 is 0 Å². The lowest BCUT2D eigenvalue weighted by molar-refractivity contribution is 0.122. The number of hydrogen-bond donors (Lipinski definition) is 1. The maximum absolute atomic E-state index is 6.50. The summed E-state index contributed by atoms with van der Waals surface area (Å²) in [4.78, 5) is 24.0. The van der Waals surface area contributed by atoms with Crippen molar-refractivity contribution in [1.29, 1.82) is 0 Å². The monoisotopic (exact) mass is 467 g/mol. The van der Waals surface area contributed by atoms with Gasteiger partial charge in [-0.2, -0.15) is 9.97 Å². The number of morpholine rings is 1. The summed E-state index contributed by atoms with van der Waals surface area (Å²) in [6.07, 6.45) is 7.19. The van der Waals surface area contributed by atoms with Crippen molar-refractivity contribution in [3.8, 4) is 17.8 Å². The van der Waals surface area contributed by atoms with Crippen molar-refractivity contribution in [2.75, 3.05) is 50.7 Å². The number of nitrogens with zero attached hydrogens (tertiary/aromatic N) is 6. The second-order valence-electron chi connectivity index (χ2n) is 8.34. The van der Waals surface area contributed by atoms with Crippen LogP contribution in [0, 0.1) is 0 Å². The summed E-state index contributed by atoms with van der Waals surface area (Å²) in [6.45, 7) is 3.17. The Morgan fingerprint density at radius 1 is 0.912 bits per heavy atom. The topological polar surface area (TPSA) is 117 Å². The third-order valence-corrected chi connectivity index (χ3v) is 6.16. The van der Waals surface area contributed by atoms with E-state index in [1.54, 1.807) is 12.4 Å². The lowest BCUT2D eigenvalue weighted by Crippen LogP contribution is -2.36. The Bertz CT molecular complexity index is 1100. The molecular weight excluding hydrogens is 438 g/mol. The lowest BCUT2D eigenvalue weighted by Gasteiger charge is -2.31. The fourth-order valence-electron chi connectivity index (χ4n) is 4.39. The smallest absolute Gasteiger partial charge is 0.324 e. The number of fused-ring (bicyclic) bond motifs is 1. The second-order valence-corrected chi connectivity index (χ2v) is 8.34. The zero-order valence-corrected chi connectivity index (χ0v) is 19.4. The van der Waals surface area contributed by atoms with Gasteiger partial charge in [0, 0.05) is 43.3 Å². The highest BCUT2D eigenvalue weighted by Crippen LogP contribution is 2.33. The van der Waals surface area contributed by atoms with Gasteiger partial charge in [-0.15, -0.1) is 4.98 Å². The first kappa shape index (κ1) is 22.3. The van der Waals surface area contributed by atoms with E-state index in [0.717, 1.165) is 74.5 Å². The van der Waals surface area contributed by atoms with Crippen LogP contribution in [0.1, 0.15) is 25.7 Å². The second kappa shape index (κ2) is 10.2. The number of aromatic nitrogens is 5. The third-order valence-electron chi connectivity index (χ3n) is 6.16. The lowest BCUT2D eigenvalue weighted by atomic mass is 9.93. The number of benzene rings is 1. The van der Waals surface area contributed by atoms with E-state index >= 15 is 0 Å². The average molecular weight is 468 g/mol. The summed E-state index contributed by atoms with van der Waals surface area (Å²) in [6, 6.07) is 4.85. The van der Waals surface area contributed by atoms with Crippen molar-refractivity contribution in [1.82, 2.24) is 24.9 Å². The van der Waals surface area contributed by atoms with E-state index in [4.69, 9.17) is 18.9 Å². The van der Waals surface area contributed by atoms with Gasteiger partial charge in [0.05, 0.1) is 39.1 Å². The molecule has 11 nitrogen and oxygen atoms in total. The molecule has 2 aromatic heterocycles. The first-order chi connectivity index (χ1) is 16.7. The largest absolute Gasteiger partial charge is 0.488 e. The van der Waals surface area contributed by atoms with Crippen LogP contribution in [0.5, 0.6) is 17.8 Å². The highest BCUT2D eigenvalue weighted by Gasteiger charge is 2.25. The Kier molecular flexibility index (Phi) is 6.70. The number of nitrogens with one attached hydrogen (secondary N) is 1. The molecule has 0 radical (unpaired) electrons. The third kappa shape index (κ3) is 5.04. The van der Waals surface area contributed by atoms with Crippen molar-refractivity contribution in [3.05, 3.63) is 24.5 Å². The Morgan fingerprint density at radius 2 is 1.62 bits per heavy atom. The van der Waals surface area contributed by atoms with E-state index in [9.17, 15) is 0 Å². The molecule has 180 valence electrons. The highest BCUT2D eigenvalue weighted by atomic mass is 16.5. The van der Waals surface area contributed by atoms with Crippen LogP contribution in [0.4, 0.5) is 11.6 Å². The fourth-order valence-corrected chi connectivity index (χ4v) is 4.39. The van der Waals surface area contributed by atoms with E-state index in [-0.39, 0.29) is 24.2 Å². The summed E-state index contributed by atoms with van der Waals surface area (Å²) in [5.41, 5.74) is 2.73. The molecule has 1 aromatic carbocycles. The molecule has 1 aliphatic heterocycles. The van der Waals surface area contributed by atoms with Crippen molar-refractivity contribution in [3.63, 3.8) is 0 Å². The zero-order valence-electron chi connectivity index (χ0n) is 19.4. The molecular formula is C23H29N7O4. The summed E-state index contributed by atoms with van der Waals surface area (Å²) in [5.74, 6) is 1.24. The van der Waals surface area contributed by atoms with Gasteiger partial charge in [0.15, 0.2) is 0 Å². The summed E-state index contributed by atoms with van der Waals surface area (Å²) in [7, 11) is 3.03. The van der Waals surface area contributed by atoms with Gasteiger partial charge < -0.3 is 29.2 Å². The molecule has 0 amide bonds. The Hall–Kier alpha value is -3.47. The SMILES string of the molecule is COc1nc(N[C@H]2CC[C@@H](Oc3cc(N4CCOCC4)cc4nccnc34)CC2)nc(OC)n1. The van der Waals surface area contributed by atoms with Crippen LogP contribution < -0.4 is 24.4 Å². The Labute approximate surface area is 197 Å². The molecule has 1 N–H and O–H groups in total. The molecule has 0 atom stereocenters. The fraction of sp³-hybridized carbons (Fsp3) is 0.522. The molecule has 3 heterocycles. The number of anilines is 2. The van der Waals surface area contributed by atoms with Gasteiger partial charge in [-0.05, 0) is 31.7 Å². The van der Waals surface area contributed by atoms with E-state index < -0.39 is 0 Å². The van der Waals surface area contributed by atoms with Crippen LogP contribution in [0.3, 0.4) is 0 Å². The summed E-state index contributed by atoms with van der Waals surface area (Å²) < 4.78 is 22.3. The molecule has 1 saturated heterocycles. The number of ether oxygens (including phenoxy) is 4. The van der Waals surface area contributed by atoms with E-state index in [2.05, 4.69) is 47.3 Å². The Morgan fingerprint density at radius 3 is 2.32 bits per heavy atom. The minimum Gasteiger partial charge on any atom is -0.488 e. The molecule has 34 heavy (non-hydrogen) atoms. The molecule has 0 bridgehead atoms. The van der Waals surface area contributed by atoms with Gasteiger partial charge in [0.25, 0.3) is 0 Å². The average Bonchev–Trinajstić information content (AvgIpc) is 2.90. The standard InChI is InChI=1S/C23H29N7O4/c1-31-22-27-21(28-23(29-22)32-2)26-15-3-5-17(6-4-15)34-19-14-16(30-9-11-33-12-10-30)13-18-20(19)25-8-7-24-18/h7-8,13-15,17H,3-6,9-12H2,1-2H3,(H,26,27,28,29)/t15-,17+. The maximum Gasteiger partial charge on any atom is 0.324 e. The van der Waals surface area contributed by atoms with Crippen molar-refractivity contribution >= 4 is 22.7 Å². The molecule has 0 unspecified atom stereocenters. The number of hydrogen-bond acceptors (Lipinski definition) is 11. The predicted molar refractivity (Wildman–Crippen MR) is 126 cm³/mol. The molecule has 3 aromatic rings. The molecule has 1 saturated carbocycles. The van der Waals surface area contributed by atoms with Gasteiger partial charge in [-0.1, -0.05) is 0 Å². The zero-order chi connectivity index (χ0) is 23.3. The maximum atomic E-state index is 6.50. The first-order valence-electron chi connectivity index (χ1n) is 11.6. The quantitative estimate of drug-likeness (QED) is 0.552. The number of rotatable bonds is 7. The molecule has 11 heteroatoms. The van der Waals surface area contributed by atoms with E-state index in [1.807, 2.05) is 0 Å². The molecule has 5 rings (SSSR count). The van der Waals surface area contributed by atoms with Crippen LogP contribution in [0.2, 0.25) is 0 Å². The molecule has 1 aliphatic carbocycles. The van der Waals surface area contributed by atoms with E-state index in [1.165, 1.54) is 14.2 Å². The summed E-state index contributed by atoms with van der Waals surface area (Å²) in [5, 5.41) is 3.38. The van der Waals surface area contributed by atoms with E-state index in [0.29, 0.717) is 5.95 Å². The normalized spacial score (nSPS) is 20.7. The number of methoxy groups -OCH3 is 2. The van der Waals surface area contributed by atoms with Gasteiger partial charge in [-0.25, -0.2) is 4.98 Å². The highest BCUT2D eigenvalue weighted by molar-refractivity contribution is 5.85. The van der Waals surface area contributed by atoms with Gasteiger partial charge in [0.2, 0.25) is 5.95 Å². The minimum atomic E-state index is 0.102. The summed E-state index contributed by atoms with van der Waals surface area (Å²) >= 11 is 0. The van der Waals surface area contributed by atoms with Crippen molar-refractivity contribution in [2.45, 2.75) is 37.8 Å². The van der Waals surface area contributed by atoms with Crippen molar-refractivity contribution in [2.24, 2.45) is 0 Å². The molecule has 2 aliphatic rings. The van der Waals surface area contributed by atoms with Crippen LogP contribution in [-0.2, 0) is 4.74 Å². The Balaban J connectivity index is 1.26. The molecule has 0 spiro atoms. The predicted octanol–water partition coefficient (Wildman–Crippen LogP) is 2.47. The van der Waals surface area contributed by atoms with Crippen LogP contribution in [0.25, 0.3) is 11.0 Å². The van der Waals surface area contributed by atoms with Gasteiger partial charge in [-0.3, -0.25) is 4.98 Å². The van der Waals surface area contributed by atoms with Gasteiger partial charge in [0.1, 0.15) is 11.3 Å². The first-order valence-corrected chi connectivity index (χ1v) is 11.6.